The van der Waals surface area contributed by atoms with Crippen LogP contribution in [0.1, 0.15) is 34.8 Å². The van der Waals surface area contributed by atoms with Gasteiger partial charge in [-0.2, -0.15) is 0 Å². The zero-order chi connectivity index (χ0) is 39.2. The third-order valence-electron chi connectivity index (χ3n) is 10.0. The Labute approximate surface area is 364 Å². The second kappa shape index (κ2) is 20.8. The van der Waals surface area contributed by atoms with Gasteiger partial charge in [0.15, 0.2) is 0 Å². The molecule has 0 saturated heterocycles. The largest absolute Gasteiger partial charge is 0.0939 e. The van der Waals surface area contributed by atoms with E-state index in [9.17, 15) is 0 Å². The van der Waals surface area contributed by atoms with Crippen LogP contribution in [-0.2, 0) is 0 Å². The van der Waals surface area contributed by atoms with E-state index in [2.05, 4.69) is 220 Å². The number of benzene rings is 6. The van der Waals surface area contributed by atoms with E-state index >= 15 is 0 Å². The van der Waals surface area contributed by atoms with E-state index in [4.69, 9.17) is 0 Å². The normalized spacial score (nSPS) is 15.1. The third-order valence-corrected chi connectivity index (χ3v) is 10.0. The van der Waals surface area contributed by atoms with Crippen LogP contribution in [0.5, 0.6) is 0 Å². The summed E-state index contributed by atoms with van der Waals surface area (Å²) in [7, 11) is 0. The summed E-state index contributed by atoms with van der Waals surface area (Å²) in [5, 5.41) is 0. The van der Waals surface area contributed by atoms with Gasteiger partial charge in [-0.15, -0.1) is 0 Å². The first-order valence-corrected chi connectivity index (χ1v) is 19.3. The first kappa shape index (κ1) is 41.4. The molecular formula is C57H47Sn. The predicted molar refractivity (Wildman–Crippen MR) is 252 cm³/mol. The van der Waals surface area contributed by atoms with Crippen molar-refractivity contribution in [2.45, 2.75) is 0 Å². The van der Waals surface area contributed by atoms with Crippen LogP contribution >= 0.6 is 0 Å². The van der Waals surface area contributed by atoms with E-state index in [1.165, 1.54) is 67.9 Å². The van der Waals surface area contributed by atoms with Crippen LogP contribution in [-0.4, -0.2) is 23.9 Å². The van der Waals surface area contributed by atoms with Crippen molar-refractivity contribution in [3.8, 4) is 0 Å². The Kier molecular flexibility index (Phi) is 14.9. The van der Waals surface area contributed by atoms with E-state index in [0.717, 1.165) is 16.7 Å². The van der Waals surface area contributed by atoms with Crippen molar-refractivity contribution in [2.24, 2.45) is 0 Å². The summed E-state index contributed by atoms with van der Waals surface area (Å²) in [6.45, 7) is 12.8. The Morgan fingerprint density at radius 1 is 0.259 bits per heavy atom. The summed E-state index contributed by atoms with van der Waals surface area (Å²) in [5.74, 6) is 3.59. The molecule has 0 heterocycles. The molecule has 0 aliphatic heterocycles. The summed E-state index contributed by atoms with van der Waals surface area (Å²) >= 11 is 0. The zero-order valence-electron chi connectivity index (χ0n) is 32.6. The zero-order valence-corrected chi connectivity index (χ0v) is 35.5. The number of allylic oxidation sites excluding steroid dienone is 15. The molecule has 9 rings (SSSR count). The van der Waals surface area contributed by atoms with Gasteiger partial charge in [0.05, 0.1) is 17.8 Å². The summed E-state index contributed by atoms with van der Waals surface area (Å²) in [6, 6.07) is 62.4. The minimum Gasteiger partial charge on any atom is -0.0939 e. The number of rotatable bonds is 6. The first-order chi connectivity index (χ1) is 28.1. The van der Waals surface area contributed by atoms with Gasteiger partial charge in [0.25, 0.3) is 0 Å². The fourth-order valence-corrected chi connectivity index (χ4v) is 7.09. The van der Waals surface area contributed by atoms with Crippen LogP contribution in [0.25, 0.3) is 16.7 Å². The molecule has 3 aliphatic carbocycles. The van der Waals surface area contributed by atoms with Gasteiger partial charge in [0.1, 0.15) is 0 Å². The van der Waals surface area contributed by atoms with Crippen LogP contribution in [0.3, 0.4) is 0 Å². The molecule has 6 aromatic carbocycles. The average Bonchev–Trinajstić information content (AvgIpc) is 3.29. The maximum absolute atomic E-state index is 4.27. The molecule has 0 amide bonds. The summed E-state index contributed by atoms with van der Waals surface area (Å²) in [6.07, 6.45) is 19.1. The SMILES string of the molecule is C=C1[C](c2ccccc2)C=CC=C1c1ccccc1.C=C1[C](c2ccccc2)C=CC=C1c1ccccc1.C=C1[C](c2ccccc2)C=CC=C1c1ccccc1.[HH].[Sn]. The molecule has 7 radical (unpaired) electrons. The van der Waals surface area contributed by atoms with Crippen molar-refractivity contribution in [2.75, 3.05) is 0 Å². The smallest absolute Gasteiger partial charge is 0.0557 e. The molecule has 1 heteroatoms. The maximum Gasteiger partial charge on any atom is 0.0557 e. The maximum atomic E-state index is 4.27. The van der Waals surface area contributed by atoms with E-state index < -0.39 is 0 Å². The molecule has 279 valence electrons. The minimum absolute atomic E-state index is 0. The topological polar surface area (TPSA) is 0 Å². The monoisotopic (exact) mass is 851 g/mol. The second-order valence-electron chi connectivity index (χ2n) is 13.7. The Hall–Kier alpha value is -6.22. The summed E-state index contributed by atoms with van der Waals surface area (Å²) in [5.41, 5.74) is 14.1. The van der Waals surface area contributed by atoms with E-state index in [1.54, 1.807) is 0 Å². The van der Waals surface area contributed by atoms with Gasteiger partial charge in [-0.25, -0.2) is 0 Å². The molecule has 3 aliphatic rings. The van der Waals surface area contributed by atoms with E-state index in [1.807, 2.05) is 36.4 Å². The molecule has 0 fully saturated rings. The molecule has 0 N–H and O–H groups in total. The molecule has 0 aromatic heterocycles. The van der Waals surface area contributed by atoms with Gasteiger partial charge < -0.3 is 0 Å². The second-order valence-corrected chi connectivity index (χ2v) is 13.7. The quantitative estimate of drug-likeness (QED) is 0.147. The first-order valence-electron chi connectivity index (χ1n) is 19.3. The Morgan fingerprint density at radius 2 is 0.448 bits per heavy atom. The molecule has 6 aromatic rings. The van der Waals surface area contributed by atoms with Crippen LogP contribution in [0, 0.1) is 17.8 Å². The van der Waals surface area contributed by atoms with Gasteiger partial charge >= 0.3 is 0 Å². The number of hydrogen-bond donors (Lipinski definition) is 0. The molecule has 0 unspecified atom stereocenters. The van der Waals surface area contributed by atoms with Crippen LogP contribution in [0.15, 0.2) is 273 Å². The standard InChI is InChI=1S/3C19H15.Sn.H2/c3*1-15-18(16-9-4-2-5-10-16)13-8-14-19(15)17-11-6-3-7-12-17;;/h3*2-14H,1H2;;1H. The molecule has 0 atom stereocenters. The Morgan fingerprint density at radius 3 is 0.655 bits per heavy atom. The number of hydrogen-bond acceptors (Lipinski definition) is 0. The molecule has 0 spiro atoms. The van der Waals surface area contributed by atoms with Gasteiger partial charge in [-0.3, -0.25) is 0 Å². The van der Waals surface area contributed by atoms with Gasteiger partial charge in [-0.05, 0) is 66.8 Å². The van der Waals surface area contributed by atoms with Crippen molar-refractivity contribution in [3.63, 3.8) is 0 Å². The molecule has 0 nitrogen and oxygen atoms in total. The fourth-order valence-electron chi connectivity index (χ4n) is 7.09. The fraction of sp³-hybridized carbons (Fsp3) is 0. The van der Waals surface area contributed by atoms with Gasteiger partial charge in [0, 0.05) is 25.3 Å². The van der Waals surface area contributed by atoms with Crippen LogP contribution in [0.2, 0.25) is 0 Å². The predicted octanol–water partition coefficient (Wildman–Crippen LogP) is 14.3. The molecular weight excluding hydrogens is 803 g/mol. The van der Waals surface area contributed by atoms with Crippen LogP contribution in [0.4, 0.5) is 0 Å². The van der Waals surface area contributed by atoms with Crippen molar-refractivity contribution < 1.29 is 1.43 Å². The summed E-state index contributed by atoms with van der Waals surface area (Å²) in [4.78, 5) is 0. The van der Waals surface area contributed by atoms with E-state index in [-0.39, 0.29) is 25.3 Å². The van der Waals surface area contributed by atoms with Gasteiger partial charge in [0.2, 0.25) is 0 Å². The van der Waals surface area contributed by atoms with Crippen molar-refractivity contribution in [3.05, 3.63) is 324 Å². The summed E-state index contributed by atoms with van der Waals surface area (Å²) < 4.78 is 0. The van der Waals surface area contributed by atoms with Gasteiger partial charge in [-0.1, -0.05) is 256 Å². The molecule has 0 saturated carbocycles. The minimum atomic E-state index is 0. The average molecular weight is 851 g/mol. The Bertz CT molecular complexity index is 2190. The van der Waals surface area contributed by atoms with Crippen molar-refractivity contribution in [1.82, 2.24) is 0 Å². The van der Waals surface area contributed by atoms with Crippen molar-refractivity contribution in [1.29, 1.82) is 0 Å². The Balaban J connectivity index is 0.000000165. The van der Waals surface area contributed by atoms with Crippen molar-refractivity contribution >= 4 is 40.6 Å². The van der Waals surface area contributed by atoms with E-state index in [0.29, 0.717) is 0 Å². The molecule has 0 bridgehead atoms. The third kappa shape index (κ3) is 10.2. The van der Waals surface area contributed by atoms with Crippen LogP contribution < -0.4 is 0 Å². The molecule has 58 heavy (non-hydrogen) atoms.